The highest BCUT2D eigenvalue weighted by molar-refractivity contribution is 5.77. The molecule has 3 heterocycles. The van der Waals surface area contributed by atoms with Crippen LogP contribution in [0.5, 0.6) is 5.75 Å². The molecule has 0 atom stereocenters. The lowest BCUT2D eigenvalue weighted by Crippen LogP contribution is -2.00. The molecule has 1 aliphatic rings. The second kappa shape index (κ2) is 5.99. The van der Waals surface area contributed by atoms with Crippen LogP contribution in [0.25, 0.3) is 16.8 Å². The quantitative estimate of drug-likeness (QED) is 0.629. The summed E-state index contributed by atoms with van der Waals surface area (Å²) in [6.45, 7) is 0.621. The maximum atomic E-state index is 14.0. The van der Waals surface area contributed by atoms with Gasteiger partial charge in [-0.2, -0.15) is 5.10 Å². The van der Waals surface area contributed by atoms with Crippen LogP contribution in [-0.2, 0) is 6.42 Å². The fourth-order valence-corrected chi connectivity index (χ4v) is 3.00. The molecule has 0 N–H and O–H groups in total. The molecule has 0 fully saturated rings. The number of fused-ring (bicyclic) bond motifs is 4. The Hall–Kier alpha value is -2.43. The monoisotopic (exact) mass is 311 g/mol. The highest BCUT2D eigenvalue weighted by atomic mass is 19.1. The number of rotatable bonds is 0. The van der Waals surface area contributed by atoms with Gasteiger partial charge in [-0.05, 0) is 43.0 Å². The molecular weight excluding hydrogens is 293 g/mol. The van der Waals surface area contributed by atoms with Crippen LogP contribution in [0, 0.1) is 5.82 Å². The molecule has 4 nitrogen and oxygen atoms in total. The molecule has 4 bridgehead atoms. The van der Waals surface area contributed by atoms with Gasteiger partial charge in [-0.3, -0.25) is 0 Å². The molecule has 0 saturated carbocycles. The summed E-state index contributed by atoms with van der Waals surface area (Å²) in [5, 5.41) is 4.33. The predicted octanol–water partition coefficient (Wildman–Crippen LogP) is 4.03. The second-order valence-corrected chi connectivity index (χ2v) is 5.93. The van der Waals surface area contributed by atoms with Crippen molar-refractivity contribution < 1.29 is 9.13 Å². The number of ether oxygens (including phenoxy) is 1. The smallest absolute Gasteiger partial charge is 0.163 e. The Balaban J connectivity index is 1.86. The summed E-state index contributed by atoms with van der Waals surface area (Å²) in [6, 6.07) is 6.81. The van der Waals surface area contributed by atoms with E-state index in [-0.39, 0.29) is 5.82 Å². The molecule has 118 valence electrons. The number of benzene rings is 1. The fraction of sp³-hybridized carbons (Fsp3) is 0.333. The lowest BCUT2D eigenvalue weighted by Gasteiger charge is -2.10. The summed E-state index contributed by atoms with van der Waals surface area (Å²) in [6.07, 6.45) is 8.97. The summed E-state index contributed by atoms with van der Waals surface area (Å²) >= 11 is 0. The lowest BCUT2D eigenvalue weighted by molar-refractivity contribution is 0.303. The molecule has 3 aromatic rings. The zero-order valence-electron chi connectivity index (χ0n) is 12.8. The van der Waals surface area contributed by atoms with Crippen molar-refractivity contribution in [3.8, 4) is 16.9 Å². The van der Waals surface area contributed by atoms with Gasteiger partial charge < -0.3 is 4.74 Å². The first-order valence-electron chi connectivity index (χ1n) is 8.07. The maximum Gasteiger partial charge on any atom is 0.163 e. The van der Waals surface area contributed by atoms with E-state index in [1.165, 1.54) is 12.1 Å². The minimum Gasteiger partial charge on any atom is -0.493 e. The predicted molar refractivity (Wildman–Crippen MR) is 86.0 cm³/mol. The molecule has 0 spiro atoms. The standard InChI is InChI=1S/C18H18FN3O/c19-14-9-13-10-16(11-14)23-8-4-2-1-3-5-15-6-7-22-18(21-15)17(13)12-20-22/h6-7,9-12H,1-5,8H2. The summed E-state index contributed by atoms with van der Waals surface area (Å²) in [5.74, 6) is 0.257. The van der Waals surface area contributed by atoms with Gasteiger partial charge in [0.1, 0.15) is 11.6 Å². The highest BCUT2D eigenvalue weighted by Gasteiger charge is 2.12. The Morgan fingerprint density at radius 3 is 2.96 bits per heavy atom. The third kappa shape index (κ3) is 2.91. The molecule has 2 aromatic heterocycles. The molecule has 4 rings (SSSR count). The third-order valence-electron chi connectivity index (χ3n) is 4.21. The topological polar surface area (TPSA) is 39.4 Å². The zero-order chi connectivity index (χ0) is 15.6. The molecule has 0 unspecified atom stereocenters. The molecule has 0 amide bonds. The zero-order valence-corrected chi connectivity index (χ0v) is 12.8. The van der Waals surface area contributed by atoms with Crippen LogP contribution < -0.4 is 4.74 Å². The van der Waals surface area contributed by atoms with Crippen molar-refractivity contribution in [1.82, 2.24) is 14.6 Å². The van der Waals surface area contributed by atoms with E-state index < -0.39 is 0 Å². The third-order valence-corrected chi connectivity index (χ3v) is 4.21. The Morgan fingerprint density at radius 1 is 1.09 bits per heavy atom. The lowest BCUT2D eigenvalue weighted by atomic mass is 10.1. The van der Waals surface area contributed by atoms with Crippen LogP contribution >= 0.6 is 0 Å². The first kappa shape index (κ1) is 14.2. The van der Waals surface area contributed by atoms with Crippen molar-refractivity contribution in [3.63, 3.8) is 0 Å². The van der Waals surface area contributed by atoms with Crippen molar-refractivity contribution >= 4 is 5.65 Å². The summed E-state index contributed by atoms with van der Waals surface area (Å²) in [5.41, 5.74) is 3.39. The van der Waals surface area contributed by atoms with Crippen LogP contribution in [0.3, 0.4) is 0 Å². The number of aromatic nitrogens is 3. The molecule has 0 saturated heterocycles. The second-order valence-electron chi connectivity index (χ2n) is 5.93. The van der Waals surface area contributed by atoms with Gasteiger partial charge in [0, 0.05) is 23.5 Å². The van der Waals surface area contributed by atoms with Crippen molar-refractivity contribution in [2.24, 2.45) is 0 Å². The summed E-state index contributed by atoms with van der Waals surface area (Å²) in [4.78, 5) is 4.72. The highest BCUT2D eigenvalue weighted by Crippen LogP contribution is 2.28. The van der Waals surface area contributed by atoms with E-state index in [0.717, 1.165) is 54.6 Å². The average molecular weight is 311 g/mol. The number of hydrogen-bond acceptors (Lipinski definition) is 3. The first-order valence-corrected chi connectivity index (χ1v) is 8.07. The molecule has 0 radical (unpaired) electrons. The van der Waals surface area contributed by atoms with Gasteiger partial charge in [-0.25, -0.2) is 13.9 Å². The molecule has 1 aromatic carbocycles. The van der Waals surface area contributed by atoms with Crippen molar-refractivity contribution in [1.29, 1.82) is 0 Å². The Morgan fingerprint density at radius 2 is 2.00 bits per heavy atom. The van der Waals surface area contributed by atoms with Crippen molar-refractivity contribution in [3.05, 3.63) is 48.2 Å². The van der Waals surface area contributed by atoms with Crippen LogP contribution in [0.4, 0.5) is 4.39 Å². The van der Waals surface area contributed by atoms with Crippen LogP contribution in [0.2, 0.25) is 0 Å². The molecule has 1 aliphatic heterocycles. The van der Waals surface area contributed by atoms with Gasteiger partial charge in [0.15, 0.2) is 5.65 Å². The minimum atomic E-state index is -0.305. The van der Waals surface area contributed by atoms with E-state index in [4.69, 9.17) is 9.72 Å². The van der Waals surface area contributed by atoms with Gasteiger partial charge >= 0.3 is 0 Å². The molecule has 23 heavy (non-hydrogen) atoms. The normalized spacial score (nSPS) is 15.3. The first-order chi connectivity index (χ1) is 11.3. The Kier molecular flexibility index (Phi) is 3.69. The molecule has 0 aliphatic carbocycles. The maximum absolute atomic E-state index is 14.0. The van der Waals surface area contributed by atoms with E-state index in [1.807, 2.05) is 18.3 Å². The van der Waals surface area contributed by atoms with Gasteiger partial charge in [-0.1, -0.05) is 12.8 Å². The van der Waals surface area contributed by atoms with E-state index in [0.29, 0.717) is 12.4 Å². The van der Waals surface area contributed by atoms with Gasteiger partial charge in [0.2, 0.25) is 0 Å². The number of aryl methyl sites for hydroxylation is 1. The van der Waals surface area contributed by atoms with Crippen molar-refractivity contribution in [2.75, 3.05) is 6.61 Å². The van der Waals surface area contributed by atoms with Crippen LogP contribution in [-0.4, -0.2) is 21.2 Å². The Bertz CT molecular complexity index is 843. The van der Waals surface area contributed by atoms with Crippen LogP contribution in [0.15, 0.2) is 36.7 Å². The van der Waals surface area contributed by atoms with E-state index in [1.54, 1.807) is 10.7 Å². The van der Waals surface area contributed by atoms with Gasteiger partial charge in [0.05, 0.1) is 12.8 Å². The molecular formula is C18H18FN3O. The number of halogens is 1. The Labute approximate surface area is 133 Å². The van der Waals surface area contributed by atoms with Gasteiger partial charge in [0.25, 0.3) is 0 Å². The largest absolute Gasteiger partial charge is 0.493 e. The van der Waals surface area contributed by atoms with Gasteiger partial charge in [-0.15, -0.1) is 0 Å². The summed E-state index contributed by atoms with van der Waals surface area (Å²) < 4.78 is 21.4. The average Bonchev–Trinajstić information content (AvgIpc) is 2.96. The SMILES string of the molecule is Fc1cc2cc(c1)-c1cnn3ccc(nc13)CCCCCCO2. The fourth-order valence-electron chi connectivity index (χ4n) is 3.00. The molecule has 5 heteroatoms. The van der Waals surface area contributed by atoms with E-state index in [2.05, 4.69) is 5.10 Å². The van der Waals surface area contributed by atoms with Crippen LogP contribution in [0.1, 0.15) is 31.4 Å². The number of hydrogen-bond donors (Lipinski definition) is 0. The van der Waals surface area contributed by atoms with Crippen molar-refractivity contribution in [2.45, 2.75) is 32.1 Å². The number of nitrogens with zero attached hydrogens (tertiary/aromatic N) is 3. The summed E-state index contributed by atoms with van der Waals surface area (Å²) in [7, 11) is 0. The van der Waals surface area contributed by atoms with E-state index in [9.17, 15) is 4.39 Å². The van der Waals surface area contributed by atoms with E-state index >= 15 is 0 Å². The minimum absolute atomic E-state index is 0.305.